The normalized spacial score (nSPS) is 10.6. The average molecular weight is 234 g/mol. The monoisotopic (exact) mass is 234 g/mol. The minimum absolute atomic E-state index is 0.161. The van der Waals surface area contributed by atoms with Crippen LogP contribution in [0.25, 0.3) is 0 Å². The molecule has 16 heavy (non-hydrogen) atoms. The molecule has 0 aliphatic carbocycles. The van der Waals surface area contributed by atoms with Gasteiger partial charge in [0, 0.05) is 18.9 Å². The minimum Gasteiger partial charge on any atom is -0.335 e. The number of hydrogen-bond acceptors (Lipinski definition) is 3. The summed E-state index contributed by atoms with van der Waals surface area (Å²) in [5.74, 6) is 1.01. The van der Waals surface area contributed by atoms with E-state index in [1.54, 1.807) is 6.20 Å². The van der Waals surface area contributed by atoms with Gasteiger partial charge >= 0.3 is 0 Å². The van der Waals surface area contributed by atoms with Crippen LogP contribution in [0.3, 0.4) is 0 Å². The van der Waals surface area contributed by atoms with Gasteiger partial charge in [0.1, 0.15) is 5.82 Å². The molecule has 2 aromatic rings. The zero-order valence-corrected chi connectivity index (χ0v) is 10.3. The van der Waals surface area contributed by atoms with Gasteiger partial charge in [-0.05, 0) is 30.9 Å². The fraction of sp³-hybridized carbons (Fsp3) is 0.333. The zero-order chi connectivity index (χ0) is 11.5. The van der Waals surface area contributed by atoms with Gasteiger partial charge in [-0.25, -0.2) is 4.98 Å². The Morgan fingerprint density at radius 1 is 1.56 bits per heavy atom. The van der Waals surface area contributed by atoms with Crippen LogP contribution in [-0.4, -0.2) is 15.3 Å². The van der Waals surface area contributed by atoms with Crippen molar-refractivity contribution < 1.29 is 4.79 Å². The van der Waals surface area contributed by atoms with E-state index in [9.17, 15) is 4.79 Å². The average Bonchev–Trinajstić information content (AvgIpc) is 2.86. The molecule has 0 saturated carbocycles. The van der Waals surface area contributed by atoms with Crippen LogP contribution < -0.4 is 0 Å². The molecule has 84 valence electrons. The van der Waals surface area contributed by atoms with Gasteiger partial charge in [-0.2, -0.15) is 0 Å². The van der Waals surface area contributed by atoms with Crippen LogP contribution in [0.5, 0.6) is 0 Å². The van der Waals surface area contributed by atoms with E-state index in [0.717, 1.165) is 22.8 Å². The van der Waals surface area contributed by atoms with Gasteiger partial charge < -0.3 is 4.57 Å². The van der Waals surface area contributed by atoms with Gasteiger partial charge in [0.15, 0.2) is 5.78 Å². The van der Waals surface area contributed by atoms with Crippen molar-refractivity contribution in [2.45, 2.75) is 26.8 Å². The lowest BCUT2D eigenvalue weighted by molar-refractivity contribution is 0.0993. The van der Waals surface area contributed by atoms with Crippen LogP contribution >= 0.6 is 11.3 Å². The second kappa shape index (κ2) is 4.61. The number of carbonyl (C=O) groups is 1. The molecule has 0 bridgehead atoms. The molecule has 0 fully saturated rings. The van der Waals surface area contributed by atoms with E-state index in [-0.39, 0.29) is 5.78 Å². The Bertz CT molecular complexity index is 499. The lowest BCUT2D eigenvalue weighted by atomic mass is 10.2. The highest BCUT2D eigenvalue weighted by molar-refractivity contribution is 7.12. The number of hydrogen-bond donors (Lipinski definition) is 0. The fourth-order valence-electron chi connectivity index (χ4n) is 1.68. The Morgan fingerprint density at radius 2 is 2.38 bits per heavy atom. The summed E-state index contributed by atoms with van der Waals surface area (Å²) in [6.07, 6.45) is 4.04. The zero-order valence-electron chi connectivity index (χ0n) is 9.43. The maximum Gasteiger partial charge on any atom is 0.180 e. The van der Waals surface area contributed by atoms with Crippen molar-refractivity contribution >= 4 is 17.1 Å². The van der Waals surface area contributed by atoms with Crippen molar-refractivity contribution in [3.05, 3.63) is 40.1 Å². The highest BCUT2D eigenvalue weighted by Crippen LogP contribution is 2.17. The maximum atomic E-state index is 12.0. The van der Waals surface area contributed by atoms with Gasteiger partial charge in [0.05, 0.1) is 11.3 Å². The van der Waals surface area contributed by atoms with Crippen LogP contribution in [0, 0.1) is 6.92 Å². The first-order valence-electron chi connectivity index (χ1n) is 5.29. The molecule has 0 unspecified atom stereocenters. The molecule has 0 spiro atoms. The maximum absolute atomic E-state index is 12.0. The predicted octanol–water partition coefficient (Wildman–Crippen LogP) is 2.70. The largest absolute Gasteiger partial charge is 0.335 e. The topological polar surface area (TPSA) is 34.9 Å². The van der Waals surface area contributed by atoms with E-state index >= 15 is 0 Å². The third-order valence-corrected chi connectivity index (χ3v) is 3.63. The Hall–Kier alpha value is -1.42. The number of nitrogens with zero attached hydrogens (tertiary/aromatic N) is 2. The summed E-state index contributed by atoms with van der Waals surface area (Å²) in [7, 11) is 0. The van der Waals surface area contributed by atoms with Crippen LogP contribution in [0.4, 0.5) is 0 Å². The summed E-state index contributed by atoms with van der Waals surface area (Å²) in [6.45, 7) is 4.87. The molecule has 0 aliphatic rings. The molecule has 3 nitrogen and oxygen atoms in total. The molecule has 0 atom stereocenters. The molecule has 2 heterocycles. The van der Waals surface area contributed by atoms with Gasteiger partial charge in [-0.3, -0.25) is 4.79 Å². The molecule has 0 aliphatic heterocycles. The number of aromatic nitrogens is 2. The highest BCUT2D eigenvalue weighted by atomic mass is 32.1. The number of imidazole rings is 1. The summed E-state index contributed by atoms with van der Waals surface area (Å²) >= 11 is 1.51. The van der Waals surface area contributed by atoms with E-state index in [0.29, 0.717) is 6.42 Å². The van der Waals surface area contributed by atoms with Gasteiger partial charge in [0.2, 0.25) is 0 Å². The summed E-state index contributed by atoms with van der Waals surface area (Å²) in [6, 6.07) is 1.98. The van der Waals surface area contributed by atoms with E-state index in [1.807, 2.05) is 36.1 Å². The van der Waals surface area contributed by atoms with E-state index in [1.165, 1.54) is 11.3 Å². The van der Waals surface area contributed by atoms with Crippen molar-refractivity contribution in [1.82, 2.24) is 9.55 Å². The Balaban J connectivity index is 2.17. The third-order valence-electron chi connectivity index (χ3n) is 2.58. The third kappa shape index (κ3) is 2.07. The number of thiophene rings is 1. The summed E-state index contributed by atoms with van der Waals surface area (Å²) in [5, 5.41) is 1.95. The van der Waals surface area contributed by atoms with Gasteiger partial charge in [-0.1, -0.05) is 0 Å². The second-order valence-electron chi connectivity index (χ2n) is 3.66. The molecular weight excluding hydrogens is 220 g/mol. The lowest BCUT2D eigenvalue weighted by Gasteiger charge is -2.03. The van der Waals surface area contributed by atoms with E-state index < -0.39 is 0 Å². The predicted molar refractivity (Wildman–Crippen MR) is 65.0 cm³/mol. The van der Waals surface area contributed by atoms with Crippen molar-refractivity contribution in [2.75, 3.05) is 0 Å². The van der Waals surface area contributed by atoms with Gasteiger partial charge in [0.25, 0.3) is 0 Å². The molecule has 0 radical (unpaired) electrons. The molecule has 2 aromatic heterocycles. The number of carbonyl (C=O) groups excluding carboxylic acids is 1. The van der Waals surface area contributed by atoms with Crippen LogP contribution in [0.2, 0.25) is 0 Å². The van der Waals surface area contributed by atoms with Crippen LogP contribution in [0.1, 0.15) is 28.0 Å². The number of rotatable bonds is 4. The van der Waals surface area contributed by atoms with Crippen LogP contribution in [0.15, 0.2) is 23.8 Å². The van der Waals surface area contributed by atoms with Gasteiger partial charge in [-0.15, -0.1) is 11.3 Å². The summed E-state index contributed by atoms with van der Waals surface area (Å²) in [5.41, 5.74) is 1.06. The van der Waals surface area contributed by atoms with Crippen molar-refractivity contribution in [3.63, 3.8) is 0 Å². The summed E-state index contributed by atoms with van der Waals surface area (Å²) < 4.78 is 2.00. The molecule has 0 saturated heterocycles. The van der Waals surface area contributed by atoms with Crippen molar-refractivity contribution in [3.8, 4) is 0 Å². The first-order chi connectivity index (χ1) is 7.72. The highest BCUT2D eigenvalue weighted by Gasteiger charge is 2.13. The number of ketones is 1. The molecule has 0 aromatic carbocycles. The minimum atomic E-state index is 0.161. The Kier molecular flexibility index (Phi) is 3.19. The second-order valence-corrected chi connectivity index (χ2v) is 4.58. The fourth-order valence-corrected chi connectivity index (χ4v) is 2.54. The molecular formula is C12H14N2OS. The van der Waals surface area contributed by atoms with Crippen molar-refractivity contribution in [2.24, 2.45) is 0 Å². The number of aryl methyl sites for hydroxylation is 2. The molecule has 4 heteroatoms. The summed E-state index contributed by atoms with van der Waals surface area (Å²) in [4.78, 5) is 17.1. The van der Waals surface area contributed by atoms with Crippen LogP contribution in [-0.2, 0) is 13.0 Å². The first-order valence-corrected chi connectivity index (χ1v) is 6.17. The smallest absolute Gasteiger partial charge is 0.180 e. The number of Topliss-reactive ketones (excluding diaryl/α,β-unsaturated/α-hetero) is 1. The van der Waals surface area contributed by atoms with E-state index in [2.05, 4.69) is 4.98 Å². The standard InChI is InChI=1S/C12H14N2OS/c1-3-14-6-5-13-11(14)8-10(15)12-9(2)4-7-16-12/h4-7H,3,8H2,1-2H3. The Labute approximate surface area is 98.8 Å². The van der Waals surface area contributed by atoms with Crippen molar-refractivity contribution in [1.29, 1.82) is 0 Å². The van der Waals surface area contributed by atoms with E-state index in [4.69, 9.17) is 0 Å². The quantitative estimate of drug-likeness (QED) is 0.762. The molecule has 0 N–H and O–H groups in total. The molecule has 0 amide bonds. The first kappa shape index (κ1) is 11.1. The molecule has 2 rings (SSSR count). The Morgan fingerprint density at radius 3 is 3.00 bits per heavy atom. The SMILES string of the molecule is CCn1ccnc1CC(=O)c1sccc1C. The lowest BCUT2D eigenvalue weighted by Crippen LogP contribution is -2.09.